The van der Waals surface area contributed by atoms with E-state index in [1.165, 1.54) is 5.69 Å². The van der Waals surface area contributed by atoms with Crippen molar-refractivity contribution in [3.63, 3.8) is 0 Å². The van der Waals surface area contributed by atoms with Crippen LogP contribution in [0.25, 0.3) is 0 Å². The maximum Gasteiger partial charge on any atom is 0.0948 e. The molecule has 18 heavy (non-hydrogen) atoms. The minimum absolute atomic E-state index is 0.0762. The Morgan fingerprint density at radius 1 is 1.50 bits per heavy atom. The number of nitrogens with zero attached hydrogens (tertiary/aromatic N) is 3. The lowest BCUT2D eigenvalue weighted by Crippen LogP contribution is -2.49. The zero-order chi connectivity index (χ0) is 13.0. The molecule has 102 valence electrons. The quantitative estimate of drug-likeness (QED) is 0.850. The van der Waals surface area contributed by atoms with E-state index in [4.69, 9.17) is 10.5 Å². The molecule has 1 fully saturated rings. The zero-order valence-electron chi connectivity index (χ0n) is 11.4. The first-order valence-corrected chi connectivity index (χ1v) is 6.87. The molecule has 5 nitrogen and oxygen atoms in total. The van der Waals surface area contributed by atoms with Crippen LogP contribution in [-0.2, 0) is 11.3 Å². The number of aromatic nitrogens is 2. The average molecular weight is 252 g/mol. The van der Waals surface area contributed by atoms with Gasteiger partial charge in [0.1, 0.15) is 0 Å². The number of nitrogens with two attached hydrogens (primary N) is 1. The van der Waals surface area contributed by atoms with E-state index in [9.17, 15) is 0 Å². The molecule has 2 atom stereocenters. The van der Waals surface area contributed by atoms with E-state index in [2.05, 4.69) is 28.3 Å². The summed E-state index contributed by atoms with van der Waals surface area (Å²) in [4.78, 5) is 6.75. The van der Waals surface area contributed by atoms with E-state index in [1.807, 2.05) is 12.5 Å². The molecule has 1 aromatic heterocycles. The van der Waals surface area contributed by atoms with Crippen LogP contribution in [0.5, 0.6) is 0 Å². The fraction of sp³-hybridized carbons (Fsp3) is 0.769. The van der Waals surface area contributed by atoms with Gasteiger partial charge in [0.25, 0.3) is 0 Å². The van der Waals surface area contributed by atoms with Gasteiger partial charge in [-0.3, -0.25) is 4.90 Å². The van der Waals surface area contributed by atoms with E-state index in [1.54, 1.807) is 0 Å². The van der Waals surface area contributed by atoms with Crippen LogP contribution >= 0.6 is 0 Å². The van der Waals surface area contributed by atoms with E-state index in [-0.39, 0.29) is 12.1 Å². The molecule has 1 aromatic rings. The van der Waals surface area contributed by atoms with E-state index in [0.29, 0.717) is 6.54 Å². The van der Waals surface area contributed by atoms with Crippen molar-refractivity contribution < 1.29 is 4.74 Å². The lowest BCUT2D eigenvalue weighted by Gasteiger charge is -2.41. The van der Waals surface area contributed by atoms with Gasteiger partial charge in [-0.2, -0.15) is 0 Å². The molecular formula is C13H24N4O. The van der Waals surface area contributed by atoms with Gasteiger partial charge in [0.2, 0.25) is 0 Å². The summed E-state index contributed by atoms with van der Waals surface area (Å²) in [5.41, 5.74) is 7.09. The summed E-state index contributed by atoms with van der Waals surface area (Å²) in [6.45, 7) is 8.67. The molecule has 0 spiro atoms. The highest BCUT2D eigenvalue weighted by Gasteiger charge is 2.34. The Balaban J connectivity index is 2.27. The van der Waals surface area contributed by atoms with Crippen molar-refractivity contribution in [2.45, 2.75) is 39.0 Å². The zero-order valence-corrected chi connectivity index (χ0v) is 11.4. The highest BCUT2D eigenvalue weighted by Crippen LogP contribution is 2.29. The van der Waals surface area contributed by atoms with E-state index in [0.717, 1.165) is 32.7 Å². The minimum atomic E-state index is 0.0762. The molecule has 5 heteroatoms. The minimum Gasteiger partial charge on any atom is -0.374 e. The molecule has 1 aliphatic heterocycles. The Kier molecular flexibility index (Phi) is 4.74. The lowest BCUT2D eigenvalue weighted by molar-refractivity contribution is -0.0699. The molecule has 2 heterocycles. The third-order valence-corrected chi connectivity index (χ3v) is 3.59. The monoisotopic (exact) mass is 252 g/mol. The van der Waals surface area contributed by atoms with Crippen molar-refractivity contribution in [3.8, 4) is 0 Å². The largest absolute Gasteiger partial charge is 0.374 e. The normalized spacial score (nSPS) is 25.5. The first kappa shape index (κ1) is 13.5. The average Bonchev–Trinajstić information content (AvgIpc) is 2.86. The first-order chi connectivity index (χ1) is 8.81. The number of aryl methyl sites for hydroxylation is 1. The summed E-state index contributed by atoms with van der Waals surface area (Å²) in [6.07, 6.45) is 5.07. The van der Waals surface area contributed by atoms with Crippen LogP contribution in [0.1, 0.15) is 32.0 Å². The van der Waals surface area contributed by atoms with Crippen LogP contribution in [0.4, 0.5) is 0 Å². The molecule has 0 radical (unpaired) electrons. The Morgan fingerprint density at radius 3 is 3.00 bits per heavy atom. The second-order valence-corrected chi connectivity index (χ2v) is 4.73. The summed E-state index contributed by atoms with van der Waals surface area (Å²) >= 11 is 0. The predicted octanol–water partition coefficient (Wildman–Crippen LogP) is 1.01. The smallest absolute Gasteiger partial charge is 0.0948 e. The second-order valence-electron chi connectivity index (χ2n) is 4.73. The Hall–Kier alpha value is -0.910. The number of hydrogen-bond donors (Lipinski definition) is 1. The van der Waals surface area contributed by atoms with E-state index < -0.39 is 0 Å². The molecule has 0 amide bonds. The predicted molar refractivity (Wildman–Crippen MR) is 71.3 cm³/mol. The maximum absolute atomic E-state index is 5.87. The number of ether oxygens (including phenoxy) is 1. The van der Waals surface area contributed by atoms with Crippen LogP contribution in [0, 0.1) is 0 Å². The van der Waals surface area contributed by atoms with Gasteiger partial charge in [-0.05, 0) is 19.9 Å². The first-order valence-electron chi connectivity index (χ1n) is 6.87. The van der Waals surface area contributed by atoms with Crippen molar-refractivity contribution in [2.75, 3.05) is 26.2 Å². The fourth-order valence-corrected chi connectivity index (χ4v) is 2.74. The molecule has 1 saturated heterocycles. The van der Waals surface area contributed by atoms with Crippen LogP contribution in [0.2, 0.25) is 0 Å². The maximum atomic E-state index is 5.87. The van der Waals surface area contributed by atoms with E-state index >= 15 is 0 Å². The highest BCUT2D eigenvalue weighted by molar-refractivity contribution is 5.10. The fourth-order valence-electron chi connectivity index (χ4n) is 2.74. The Morgan fingerprint density at radius 2 is 2.33 bits per heavy atom. The van der Waals surface area contributed by atoms with Crippen LogP contribution < -0.4 is 5.73 Å². The molecule has 1 aliphatic rings. The van der Waals surface area contributed by atoms with Gasteiger partial charge in [-0.25, -0.2) is 4.98 Å². The van der Waals surface area contributed by atoms with Gasteiger partial charge in [0.05, 0.1) is 30.8 Å². The van der Waals surface area contributed by atoms with Crippen LogP contribution in [0.3, 0.4) is 0 Å². The summed E-state index contributed by atoms with van der Waals surface area (Å²) < 4.78 is 8.02. The van der Waals surface area contributed by atoms with Crippen molar-refractivity contribution in [3.05, 3.63) is 18.2 Å². The van der Waals surface area contributed by atoms with Gasteiger partial charge >= 0.3 is 0 Å². The summed E-state index contributed by atoms with van der Waals surface area (Å²) in [7, 11) is 0. The number of morpholine rings is 1. The number of hydrogen-bond acceptors (Lipinski definition) is 4. The summed E-state index contributed by atoms with van der Waals surface area (Å²) in [5.74, 6) is 0. The standard InChI is InChI=1S/C13H24N4O/c1-3-5-17-6-7-18-12(8-14)13(17)11-9-15-10-16(11)4-2/h9-10,12-13H,3-8,14H2,1-2H3. The highest BCUT2D eigenvalue weighted by atomic mass is 16.5. The Bertz CT molecular complexity index is 364. The molecule has 0 aromatic carbocycles. The number of rotatable bonds is 5. The molecular weight excluding hydrogens is 228 g/mol. The SMILES string of the molecule is CCCN1CCOC(CN)C1c1cncn1CC. The third kappa shape index (κ3) is 2.58. The molecule has 0 saturated carbocycles. The molecule has 2 unspecified atom stereocenters. The third-order valence-electron chi connectivity index (χ3n) is 3.59. The van der Waals surface area contributed by atoms with Gasteiger partial charge in [-0.1, -0.05) is 6.92 Å². The van der Waals surface area contributed by atoms with Gasteiger partial charge in [-0.15, -0.1) is 0 Å². The van der Waals surface area contributed by atoms with Crippen molar-refractivity contribution >= 4 is 0 Å². The second kappa shape index (κ2) is 6.31. The summed E-state index contributed by atoms with van der Waals surface area (Å²) in [6, 6.07) is 0.242. The van der Waals surface area contributed by atoms with Crippen LogP contribution in [0.15, 0.2) is 12.5 Å². The van der Waals surface area contributed by atoms with Gasteiger partial charge in [0, 0.05) is 25.8 Å². The molecule has 2 rings (SSSR count). The molecule has 0 aliphatic carbocycles. The number of imidazole rings is 1. The lowest BCUT2D eigenvalue weighted by atomic mass is 10.0. The van der Waals surface area contributed by atoms with Gasteiger partial charge < -0.3 is 15.0 Å². The topological polar surface area (TPSA) is 56.3 Å². The van der Waals surface area contributed by atoms with Crippen molar-refractivity contribution in [1.29, 1.82) is 0 Å². The van der Waals surface area contributed by atoms with Crippen LogP contribution in [-0.4, -0.2) is 46.8 Å². The molecule has 2 N–H and O–H groups in total. The van der Waals surface area contributed by atoms with Gasteiger partial charge in [0.15, 0.2) is 0 Å². The van der Waals surface area contributed by atoms with Crippen molar-refractivity contribution in [2.24, 2.45) is 5.73 Å². The Labute approximate surface area is 109 Å². The summed E-state index contributed by atoms with van der Waals surface area (Å²) in [5, 5.41) is 0. The molecule has 0 bridgehead atoms. The van der Waals surface area contributed by atoms with Crippen molar-refractivity contribution in [1.82, 2.24) is 14.5 Å².